The van der Waals surface area contributed by atoms with E-state index >= 15 is 0 Å². The molecule has 1 rings (SSSR count). The molecular formula is C13H16N2O5. The fourth-order valence-corrected chi connectivity index (χ4v) is 1.45. The normalized spacial score (nSPS) is 11.4. The van der Waals surface area contributed by atoms with E-state index in [0.29, 0.717) is 0 Å². The largest absolute Gasteiger partial charge is 0.480 e. The van der Waals surface area contributed by atoms with Crippen molar-refractivity contribution in [2.24, 2.45) is 5.73 Å². The summed E-state index contributed by atoms with van der Waals surface area (Å²) in [6.07, 6.45) is -1.06. The van der Waals surface area contributed by atoms with Crippen molar-refractivity contribution in [2.75, 3.05) is 0 Å². The fourth-order valence-electron chi connectivity index (χ4n) is 1.45. The number of alkyl carbamates (subject to hydrolysis) is 1. The second kappa shape index (κ2) is 7.78. The van der Waals surface area contributed by atoms with Crippen LogP contribution in [-0.4, -0.2) is 29.1 Å². The van der Waals surface area contributed by atoms with Crippen molar-refractivity contribution in [1.82, 2.24) is 5.32 Å². The van der Waals surface area contributed by atoms with Crippen LogP contribution >= 0.6 is 0 Å². The highest BCUT2D eigenvalue weighted by Gasteiger charge is 2.21. The molecule has 1 aromatic rings. The van der Waals surface area contributed by atoms with Crippen molar-refractivity contribution in [3.63, 3.8) is 0 Å². The molecule has 20 heavy (non-hydrogen) atoms. The second-order valence-corrected chi connectivity index (χ2v) is 4.10. The van der Waals surface area contributed by atoms with Crippen LogP contribution in [0, 0.1) is 0 Å². The number of ether oxygens (including phenoxy) is 1. The molecule has 0 aliphatic heterocycles. The van der Waals surface area contributed by atoms with Crippen molar-refractivity contribution in [2.45, 2.75) is 25.5 Å². The molecule has 2 amide bonds. The number of carboxylic acid groups (broad SMARTS) is 1. The van der Waals surface area contributed by atoms with E-state index in [-0.39, 0.29) is 19.4 Å². The average Bonchev–Trinajstić information content (AvgIpc) is 2.41. The Labute approximate surface area is 115 Å². The first kappa shape index (κ1) is 15.5. The van der Waals surface area contributed by atoms with E-state index < -0.39 is 24.0 Å². The molecule has 0 spiro atoms. The van der Waals surface area contributed by atoms with Gasteiger partial charge in [-0.2, -0.15) is 0 Å². The van der Waals surface area contributed by atoms with Gasteiger partial charge in [-0.05, 0) is 12.0 Å². The molecule has 0 fully saturated rings. The highest BCUT2D eigenvalue weighted by molar-refractivity contribution is 5.81. The first-order valence-corrected chi connectivity index (χ1v) is 5.97. The lowest BCUT2D eigenvalue weighted by Gasteiger charge is -2.13. The number of primary amides is 1. The molecule has 1 unspecified atom stereocenters. The number of nitrogens with one attached hydrogen (secondary N) is 1. The summed E-state index contributed by atoms with van der Waals surface area (Å²) in [5.74, 6) is -1.88. The Kier molecular flexibility index (Phi) is 6.02. The van der Waals surface area contributed by atoms with Gasteiger partial charge in [-0.3, -0.25) is 4.79 Å². The first-order valence-electron chi connectivity index (χ1n) is 5.97. The molecule has 0 saturated heterocycles. The highest BCUT2D eigenvalue weighted by Crippen LogP contribution is 2.02. The van der Waals surface area contributed by atoms with E-state index in [9.17, 15) is 14.4 Å². The Morgan fingerprint density at radius 1 is 1.25 bits per heavy atom. The van der Waals surface area contributed by atoms with Gasteiger partial charge in [0, 0.05) is 6.42 Å². The van der Waals surface area contributed by atoms with Crippen LogP contribution in [0.1, 0.15) is 18.4 Å². The maximum atomic E-state index is 11.5. The van der Waals surface area contributed by atoms with Gasteiger partial charge in [-0.25, -0.2) is 9.59 Å². The summed E-state index contributed by atoms with van der Waals surface area (Å²) >= 11 is 0. The van der Waals surface area contributed by atoms with Crippen LogP contribution in [-0.2, 0) is 20.9 Å². The molecule has 7 heteroatoms. The summed E-state index contributed by atoms with van der Waals surface area (Å²) in [7, 11) is 0. The number of benzene rings is 1. The summed E-state index contributed by atoms with van der Waals surface area (Å²) in [6, 6.07) is 7.76. The third-order valence-corrected chi connectivity index (χ3v) is 2.48. The Balaban J connectivity index is 2.41. The van der Waals surface area contributed by atoms with Crippen molar-refractivity contribution in [1.29, 1.82) is 0 Å². The molecule has 0 bridgehead atoms. The zero-order valence-electron chi connectivity index (χ0n) is 10.7. The molecule has 0 aliphatic rings. The van der Waals surface area contributed by atoms with Crippen LogP contribution in [0.5, 0.6) is 0 Å². The first-order chi connectivity index (χ1) is 9.49. The lowest BCUT2D eigenvalue weighted by Crippen LogP contribution is -2.41. The quantitative estimate of drug-likeness (QED) is 0.633. The number of carbonyl (C=O) groups excluding carboxylic acids is 2. The number of nitrogens with two attached hydrogens (primary N) is 1. The average molecular weight is 281 g/mol. The minimum atomic E-state index is -1.25. The monoisotopic (exact) mass is 281 g/mol. The third kappa shape index (κ3) is 5.85. The Hall–Kier alpha value is -2.57. The topological polar surface area (TPSA) is 119 Å². The lowest BCUT2D eigenvalue weighted by atomic mass is 10.1. The molecule has 4 N–H and O–H groups in total. The van der Waals surface area contributed by atoms with Gasteiger partial charge in [-0.1, -0.05) is 30.3 Å². The Bertz CT molecular complexity index is 475. The van der Waals surface area contributed by atoms with E-state index in [1.54, 1.807) is 24.3 Å². The number of aliphatic carboxylic acids is 1. The second-order valence-electron chi connectivity index (χ2n) is 4.10. The van der Waals surface area contributed by atoms with E-state index in [1.807, 2.05) is 6.07 Å². The smallest absolute Gasteiger partial charge is 0.408 e. The Morgan fingerprint density at radius 2 is 1.90 bits per heavy atom. The summed E-state index contributed by atoms with van der Waals surface area (Å²) in [5.41, 5.74) is 5.71. The predicted molar refractivity (Wildman–Crippen MR) is 69.6 cm³/mol. The Morgan fingerprint density at radius 3 is 2.45 bits per heavy atom. The molecule has 1 aromatic carbocycles. The predicted octanol–water partition coefficient (Wildman–Crippen LogP) is 0.631. The molecule has 0 saturated carbocycles. The van der Waals surface area contributed by atoms with E-state index in [2.05, 4.69) is 5.32 Å². The summed E-state index contributed by atoms with van der Waals surface area (Å²) < 4.78 is 4.89. The van der Waals surface area contributed by atoms with Gasteiger partial charge in [0.2, 0.25) is 5.91 Å². The van der Waals surface area contributed by atoms with Crippen LogP contribution in [0.4, 0.5) is 4.79 Å². The van der Waals surface area contributed by atoms with Gasteiger partial charge >= 0.3 is 12.1 Å². The minimum Gasteiger partial charge on any atom is -0.480 e. The standard InChI is InChI=1S/C13H16N2O5/c14-11(16)7-6-10(12(17)18)15-13(19)20-8-9-4-2-1-3-5-9/h1-5,10H,6-8H2,(H2,14,16)(H,15,19)(H,17,18)/i14+1. The van der Waals surface area contributed by atoms with Crippen LogP contribution in [0.2, 0.25) is 0 Å². The maximum absolute atomic E-state index is 11.5. The third-order valence-electron chi connectivity index (χ3n) is 2.48. The van der Waals surface area contributed by atoms with Gasteiger partial charge in [0.05, 0.1) is 0 Å². The number of hydrogen-bond donors (Lipinski definition) is 3. The summed E-state index contributed by atoms with van der Waals surface area (Å²) in [5, 5.41) is 11.1. The number of hydrogen-bond acceptors (Lipinski definition) is 4. The SMILES string of the molecule is [15NH2]C(=O)CCC(NC(=O)OCc1ccccc1)C(=O)O. The molecule has 0 radical (unpaired) electrons. The van der Waals surface area contributed by atoms with Crippen LogP contribution in [0.3, 0.4) is 0 Å². The van der Waals surface area contributed by atoms with Crippen molar-refractivity contribution < 1.29 is 24.2 Å². The van der Waals surface area contributed by atoms with Gasteiger partial charge in [0.15, 0.2) is 0 Å². The summed E-state index contributed by atoms with van der Waals surface area (Å²) in [4.78, 5) is 33.0. The highest BCUT2D eigenvalue weighted by atomic mass is 16.5. The maximum Gasteiger partial charge on any atom is 0.408 e. The zero-order valence-corrected chi connectivity index (χ0v) is 10.7. The molecule has 0 aromatic heterocycles. The molecule has 7 nitrogen and oxygen atoms in total. The minimum absolute atomic E-state index is 0.0365. The summed E-state index contributed by atoms with van der Waals surface area (Å²) in [6.45, 7) is 0.0365. The van der Waals surface area contributed by atoms with Gasteiger partial charge in [0.25, 0.3) is 0 Å². The molecule has 108 valence electrons. The zero-order chi connectivity index (χ0) is 15.0. The molecule has 0 heterocycles. The van der Waals surface area contributed by atoms with Crippen LogP contribution in [0.25, 0.3) is 0 Å². The van der Waals surface area contributed by atoms with Gasteiger partial charge in [-0.15, -0.1) is 0 Å². The molecule has 0 aliphatic carbocycles. The van der Waals surface area contributed by atoms with E-state index in [1.165, 1.54) is 0 Å². The fraction of sp³-hybridized carbons (Fsp3) is 0.308. The lowest BCUT2D eigenvalue weighted by molar-refractivity contribution is -0.139. The van der Waals surface area contributed by atoms with Crippen LogP contribution in [0.15, 0.2) is 30.3 Å². The van der Waals surface area contributed by atoms with Gasteiger partial charge < -0.3 is 20.9 Å². The van der Waals surface area contributed by atoms with E-state index in [0.717, 1.165) is 5.56 Å². The van der Waals surface area contributed by atoms with Crippen molar-refractivity contribution in [3.05, 3.63) is 35.9 Å². The number of carbonyl (C=O) groups is 3. The number of amides is 2. The van der Waals surface area contributed by atoms with Crippen LogP contribution < -0.4 is 11.1 Å². The van der Waals surface area contributed by atoms with Crippen molar-refractivity contribution >= 4 is 18.0 Å². The number of carboxylic acids is 1. The number of rotatable bonds is 7. The van der Waals surface area contributed by atoms with Gasteiger partial charge in [0.1, 0.15) is 12.6 Å². The van der Waals surface area contributed by atoms with E-state index in [4.69, 9.17) is 15.6 Å². The molecular weight excluding hydrogens is 265 g/mol. The molecule has 1 atom stereocenters. The van der Waals surface area contributed by atoms with Crippen molar-refractivity contribution in [3.8, 4) is 0 Å².